The second-order valence-corrected chi connectivity index (χ2v) is 4.36. The van der Waals surface area contributed by atoms with E-state index >= 15 is 0 Å². The number of rotatable bonds is 7. The maximum absolute atomic E-state index is 13.1. The molecule has 19 heavy (non-hydrogen) atoms. The summed E-state index contributed by atoms with van der Waals surface area (Å²) in [6.07, 6.45) is 1.23. The van der Waals surface area contributed by atoms with Crippen LogP contribution in [0.5, 0.6) is 0 Å². The normalized spacial score (nSPS) is 13.5. The van der Waals surface area contributed by atoms with Crippen LogP contribution in [0.2, 0.25) is 0 Å². The molecule has 1 aromatic carbocycles. The molecule has 0 radical (unpaired) electrons. The molecule has 6 heteroatoms. The Morgan fingerprint density at radius 2 is 2.26 bits per heavy atom. The Labute approximate surface area is 111 Å². The molecular weight excluding hydrogens is 249 g/mol. The van der Waals surface area contributed by atoms with Gasteiger partial charge in [0.1, 0.15) is 5.82 Å². The van der Waals surface area contributed by atoms with Crippen molar-refractivity contribution in [3.63, 3.8) is 0 Å². The van der Waals surface area contributed by atoms with E-state index < -0.39 is 11.9 Å². The van der Waals surface area contributed by atoms with E-state index in [-0.39, 0.29) is 5.84 Å². The average Bonchev–Trinajstić information content (AvgIpc) is 2.39. The summed E-state index contributed by atoms with van der Waals surface area (Å²) >= 11 is 0. The third kappa shape index (κ3) is 4.84. The van der Waals surface area contributed by atoms with Crippen LogP contribution in [0.3, 0.4) is 0 Å². The summed E-state index contributed by atoms with van der Waals surface area (Å²) in [7, 11) is 0. The van der Waals surface area contributed by atoms with Crippen molar-refractivity contribution in [3.05, 3.63) is 35.1 Å². The molecule has 0 aliphatic heterocycles. The van der Waals surface area contributed by atoms with Gasteiger partial charge in [0.25, 0.3) is 0 Å². The van der Waals surface area contributed by atoms with Crippen molar-refractivity contribution >= 4 is 5.84 Å². The molecule has 1 rings (SSSR count). The number of aliphatic hydroxyl groups excluding tert-OH is 1. The van der Waals surface area contributed by atoms with E-state index in [0.717, 1.165) is 12.8 Å². The van der Waals surface area contributed by atoms with Gasteiger partial charge >= 0.3 is 0 Å². The van der Waals surface area contributed by atoms with Crippen molar-refractivity contribution in [2.24, 2.45) is 10.9 Å². The molecule has 0 aliphatic rings. The van der Waals surface area contributed by atoms with E-state index in [4.69, 9.17) is 10.9 Å². The third-order valence-corrected chi connectivity index (χ3v) is 2.77. The number of nitrogens with two attached hydrogens (primary N) is 1. The van der Waals surface area contributed by atoms with E-state index in [1.807, 2.05) is 6.92 Å². The van der Waals surface area contributed by atoms with Gasteiger partial charge in [-0.3, -0.25) is 0 Å². The number of halogens is 1. The van der Waals surface area contributed by atoms with Gasteiger partial charge in [-0.05, 0) is 24.1 Å². The molecule has 5 N–H and O–H groups in total. The van der Waals surface area contributed by atoms with E-state index in [1.165, 1.54) is 12.1 Å². The molecule has 1 unspecified atom stereocenters. The molecule has 0 heterocycles. The lowest BCUT2D eigenvalue weighted by Crippen LogP contribution is -2.27. The van der Waals surface area contributed by atoms with Crippen LogP contribution < -0.4 is 11.1 Å². The fourth-order valence-electron chi connectivity index (χ4n) is 1.80. The summed E-state index contributed by atoms with van der Waals surface area (Å²) in [5.74, 6) is -0.582. The Kier molecular flexibility index (Phi) is 6.24. The van der Waals surface area contributed by atoms with Crippen LogP contribution >= 0.6 is 0 Å². The highest BCUT2D eigenvalue weighted by atomic mass is 19.1. The van der Waals surface area contributed by atoms with Gasteiger partial charge in [-0.15, -0.1) is 0 Å². The minimum Gasteiger partial charge on any atom is -0.409 e. The molecule has 0 bridgehead atoms. The van der Waals surface area contributed by atoms with Gasteiger partial charge in [0, 0.05) is 18.7 Å². The van der Waals surface area contributed by atoms with Crippen molar-refractivity contribution in [2.75, 3.05) is 6.54 Å². The molecule has 1 atom stereocenters. The summed E-state index contributed by atoms with van der Waals surface area (Å²) in [5.41, 5.74) is 6.56. The van der Waals surface area contributed by atoms with Gasteiger partial charge in [-0.1, -0.05) is 24.6 Å². The van der Waals surface area contributed by atoms with E-state index in [9.17, 15) is 9.50 Å². The highest BCUT2D eigenvalue weighted by Gasteiger charge is 2.09. The molecule has 1 aromatic rings. The van der Waals surface area contributed by atoms with Crippen LogP contribution in [0, 0.1) is 5.82 Å². The number of aliphatic hydroxyl groups is 1. The monoisotopic (exact) mass is 269 g/mol. The summed E-state index contributed by atoms with van der Waals surface area (Å²) in [5, 5.41) is 24.2. The fourth-order valence-corrected chi connectivity index (χ4v) is 1.80. The molecule has 0 fully saturated rings. The van der Waals surface area contributed by atoms with Crippen LogP contribution in [0.4, 0.5) is 4.39 Å². The van der Waals surface area contributed by atoms with Crippen molar-refractivity contribution in [1.29, 1.82) is 0 Å². The second kappa shape index (κ2) is 7.70. The van der Waals surface area contributed by atoms with Crippen molar-refractivity contribution in [3.8, 4) is 0 Å². The maximum atomic E-state index is 13.1. The molecule has 0 saturated heterocycles. The van der Waals surface area contributed by atoms with Crippen molar-refractivity contribution in [1.82, 2.24) is 5.32 Å². The molecule has 0 aliphatic carbocycles. The van der Waals surface area contributed by atoms with Crippen LogP contribution in [0.1, 0.15) is 30.9 Å². The number of benzene rings is 1. The third-order valence-electron chi connectivity index (χ3n) is 2.77. The lowest BCUT2D eigenvalue weighted by Gasteiger charge is -2.13. The van der Waals surface area contributed by atoms with Gasteiger partial charge in [0.2, 0.25) is 0 Å². The highest BCUT2D eigenvalue weighted by molar-refractivity contribution is 5.98. The summed E-state index contributed by atoms with van der Waals surface area (Å²) in [6, 6.07) is 4.10. The number of oxime groups is 1. The quantitative estimate of drug-likeness (QED) is 0.259. The van der Waals surface area contributed by atoms with E-state index in [0.29, 0.717) is 24.2 Å². The SMILES string of the molecule is CCCC(O)CNCc1ccc(F)cc1/C(N)=N/O. The second-order valence-electron chi connectivity index (χ2n) is 4.36. The predicted molar refractivity (Wildman–Crippen MR) is 71.5 cm³/mol. The zero-order chi connectivity index (χ0) is 14.3. The number of nitrogens with zero attached hydrogens (tertiary/aromatic N) is 1. The topological polar surface area (TPSA) is 90.9 Å². The van der Waals surface area contributed by atoms with Crippen LogP contribution in [0.15, 0.2) is 23.4 Å². The number of hydrogen-bond donors (Lipinski definition) is 4. The number of nitrogens with one attached hydrogen (secondary N) is 1. The lowest BCUT2D eigenvalue weighted by atomic mass is 10.1. The molecular formula is C13H20FN3O2. The summed E-state index contributed by atoms with van der Waals surface area (Å²) in [4.78, 5) is 0. The Bertz CT molecular complexity index is 438. The molecule has 0 amide bonds. The smallest absolute Gasteiger partial charge is 0.170 e. The maximum Gasteiger partial charge on any atom is 0.170 e. The van der Waals surface area contributed by atoms with Gasteiger partial charge < -0.3 is 21.4 Å². The Morgan fingerprint density at radius 3 is 2.89 bits per heavy atom. The molecule has 0 aromatic heterocycles. The average molecular weight is 269 g/mol. The first-order chi connectivity index (χ1) is 9.08. The molecule has 106 valence electrons. The van der Waals surface area contributed by atoms with E-state index in [1.54, 1.807) is 6.07 Å². The first-order valence-electron chi connectivity index (χ1n) is 6.23. The Balaban J connectivity index is 2.68. The lowest BCUT2D eigenvalue weighted by molar-refractivity contribution is 0.160. The number of amidine groups is 1. The zero-order valence-corrected chi connectivity index (χ0v) is 10.9. The minimum atomic E-state index is -0.448. The Morgan fingerprint density at radius 1 is 1.53 bits per heavy atom. The summed E-state index contributed by atoms with van der Waals surface area (Å²) in [6.45, 7) is 2.85. The van der Waals surface area contributed by atoms with Gasteiger partial charge in [0.05, 0.1) is 6.10 Å². The van der Waals surface area contributed by atoms with Crippen molar-refractivity contribution < 1.29 is 14.7 Å². The highest BCUT2D eigenvalue weighted by Crippen LogP contribution is 2.11. The van der Waals surface area contributed by atoms with Gasteiger partial charge in [-0.25, -0.2) is 4.39 Å². The predicted octanol–water partition coefficient (Wildman–Crippen LogP) is 1.17. The largest absolute Gasteiger partial charge is 0.409 e. The molecule has 0 saturated carbocycles. The van der Waals surface area contributed by atoms with Crippen LogP contribution in [-0.2, 0) is 6.54 Å². The zero-order valence-electron chi connectivity index (χ0n) is 10.9. The summed E-state index contributed by atoms with van der Waals surface area (Å²) < 4.78 is 13.1. The fraction of sp³-hybridized carbons (Fsp3) is 0.462. The van der Waals surface area contributed by atoms with Crippen LogP contribution in [-0.4, -0.2) is 28.8 Å². The number of hydrogen-bond acceptors (Lipinski definition) is 4. The standard InChI is InChI=1S/C13H20FN3O2/c1-2-3-11(18)8-16-7-9-4-5-10(14)6-12(9)13(15)17-19/h4-6,11,16,18-19H,2-3,7-8H2,1H3,(H2,15,17). The molecule has 5 nitrogen and oxygen atoms in total. The van der Waals surface area contributed by atoms with Gasteiger partial charge in [0.15, 0.2) is 5.84 Å². The van der Waals surface area contributed by atoms with Crippen LogP contribution in [0.25, 0.3) is 0 Å². The van der Waals surface area contributed by atoms with E-state index in [2.05, 4.69) is 10.5 Å². The van der Waals surface area contributed by atoms with Gasteiger partial charge in [-0.2, -0.15) is 0 Å². The molecule has 0 spiro atoms. The minimum absolute atomic E-state index is 0.134. The van der Waals surface area contributed by atoms with Crippen molar-refractivity contribution in [2.45, 2.75) is 32.4 Å². The Hall–Kier alpha value is -1.66. The first kappa shape index (κ1) is 15.4. The first-order valence-corrected chi connectivity index (χ1v) is 6.23.